The minimum Gasteiger partial charge on any atom is -0.487 e. The highest BCUT2D eigenvalue weighted by Crippen LogP contribution is 2.42. The van der Waals surface area contributed by atoms with Crippen LogP contribution in [0.25, 0.3) is 0 Å². The Morgan fingerprint density at radius 2 is 1.77 bits per heavy atom. The van der Waals surface area contributed by atoms with E-state index in [1.54, 1.807) is 0 Å². The van der Waals surface area contributed by atoms with Crippen LogP contribution in [0.3, 0.4) is 0 Å². The fourth-order valence-corrected chi connectivity index (χ4v) is 5.08. The highest BCUT2D eigenvalue weighted by atomic mass is 35.5. The molecule has 0 aromatic heterocycles. The van der Waals surface area contributed by atoms with Crippen molar-refractivity contribution in [1.29, 1.82) is 0 Å². The van der Waals surface area contributed by atoms with Crippen LogP contribution in [0.1, 0.15) is 49.1 Å². The van der Waals surface area contributed by atoms with E-state index in [0.717, 1.165) is 69.5 Å². The molecule has 0 spiro atoms. The lowest BCUT2D eigenvalue weighted by Gasteiger charge is -2.42. The average Bonchev–Trinajstić information content (AvgIpc) is 2.78. The van der Waals surface area contributed by atoms with Gasteiger partial charge in [0.2, 0.25) is 0 Å². The van der Waals surface area contributed by atoms with Crippen molar-refractivity contribution in [2.24, 2.45) is 0 Å². The zero-order valence-electron chi connectivity index (χ0n) is 17.7. The Labute approximate surface area is 185 Å². The molecule has 0 bridgehead atoms. The summed E-state index contributed by atoms with van der Waals surface area (Å²) in [4.78, 5) is 2.47. The van der Waals surface area contributed by atoms with Crippen LogP contribution in [-0.4, -0.2) is 48.3 Å². The van der Waals surface area contributed by atoms with Gasteiger partial charge in [0, 0.05) is 38.6 Å². The number of halogens is 1. The Balaban J connectivity index is 1.52. The zero-order chi connectivity index (χ0) is 20.8. The van der Waals surface area contributed by atoms with Crippen molar-refractivity contribution in [1.82, 2.24) is 10.2 Å². The highest BCUT2D eigenvalue weighted by Gasteiger charge is 2.39. The molecule has 162 valence electrons. The van der Waals surface area contributed by atoms with Crippen LogP contribution in [0.2, 0.25) is 5.02 Å². The van der Waals surface area contributed by atoms with Gasteiger partial charge in [0.15, 0.2) is 0 Å². The number of hydrogen-bond donors (Lipinski definition) is 2. The summed E-state index contributed by atoms with van der Waals surface area (Å²) in [5, 5.41) is 15.6. The Hall–Kier alpha value is -1.59. The van der Waals surface area contributed by atoms with Gasteiger partial charge in [0.25, 0.3) is 0 Å². The van der Waals surface area contributed by atoms with Gasteiger partial charge in [-0.05, 0) is 36.1 Å². The van der Waals surface area contributed by atoms with Crippen molar-refractivity contribution in [3.8, 4) is 5.75 Å². The molecule has 1 saturated heterocycles. The van der Waals surface area contributed by atoms with Crippen LogP contribution < -0.4 is 10.1 Å². The number of benzene rings is 2. The van der Waals surface area contributed by atoms with Gasteiger partial charge in [-0.1, -0.05) is 67.3 Å². The fraction of sp³-hybridized carbons (Fsp3) is 0.520. The molecule has 1 unspecified atom stereocenters. The minimum atomic E-state index is -0.654. The molecule has 1 aliphatic heterocycles. The van der Waals surface area contributed by atoms with E-state index in [1.165, 1.54) is 6.42 Å². The summed E-state index contributed by atoms with van der Waals surface area (Å²) in [6, 6.07) is 16.2. The van der Waals surface area contributed by atoms with Gasteiger partial charge in [-0.2, -0.15) is 0 Å². The number of ether oxygens (including phenoxy) is 1. The van der Waals surface area contributed by atoms with Crippen LogP contribution in [0, 0.1) is 0 Å². The Bertz CT molecular complexity index is 802. The molecule has 2 aromatic rings. The molecule has 4 nitrogen and oxygen atoms in total. The van der Waals surface area contributed by atoms with E-state index in [1.807, 2.05) is 42.5 Å². The van der Waals surface area contributed by atoms with Crippen molar-refractivity contribution < 1.29 is 9.84 Å². The molecule has 4 rings (SSSR count). The number of nitrogens with one attached hydrogen (secondary N) is 1. The molecule has 2 aromatic carbocycles. The first kappa shape index (κ1) is 21.6. The second kappa shape index (κ2) is 10.1. The molecule has 1 saturated carbocycles. The molecule has 5 heteroatoms. The lowest BCUT2D eigenvalue weighted by molar-refractivity contribution is -0.0316. The zero-order valence-corrected chi connectivity index (χ0v) is 18.4. The SMILES string of the molecule is OC1(C(CN2CCNCC2)c2ccc(OCc3ccccc3)c(Cl)c2)CCCCC1. The number of aliphatic hydroxyl groups is 1. The smallest absolute Gasteiger partial charge is 0.138 e. The van der Waals surface area contributed by atoms with Gasteiger partial charge in [-0.15, -0.1) is 0 Å². The third kappa shape index (κ3) is 5.36. The van der Waals surface area contributed by atoms with Gasteiger partial charge in [0.1, 0.15) is 12.4 Å². The Kier molecular flexibility index (Phi) is 7.32. The summed E-state index contributed by atoms with van der Waals surface area (Å²) >= 11 is 6.64. The second-order valence-electron chi connectivity index (χ2n) is 8.73. The minimum absolute atomic E-state index is 0.0663. The molecule has 2 N–H and O–H groups in total. The van der Waals surface area contributed by atoms with Gasteiger partial charge in [-0.25, -0.2) is 0 Å². The molecule has 1 atom stereocenters. The Morgan fingerprint density at radius 1 is 1.03 bits per heavy atom. The summed E-state index contributed by atoms with van der Waals surface area (Å²) < 4.78 is 5.97. The van der Waals surface area contributed by atoms with Crippen LogP contribution in [0.5, 0.6) is 5.75 Å². The molecule has 1 heterocycles. The standard InChI is InChI=1S/C25H33ClN2O2/c26-23-17-21(9-10-24(23)30-19-20-7-3-1-4-8-20)22(18-28-15-13-27-14-16-28)25(29)11-5-2-6-12-25/h1,3-4,7-10,17,22,27,29H,2,5-6,11-16,18-19H2. The molecule has 0 amide bonds. The molecule has 2 fully saturated rings. The average molecular weight is 429 g/mol. The number of hydrogen-bond acceptors (Lipinski definition) is 4. The molecular weight excluding hydrogens is 396 g/mol. The quantitative estimate of drug-likeness (QED) is 0.676. The van der Waals surface area contributed by atoms with Gasteiger partial charge < -0.3 is 20.1 Å². The van der Waals surface area contributed by atoms with Gasteiger partial charge in [-0.3, -0.25) is 0 Å². The lowest BCUT2D eigenvalue weighted by Crippen LogP contribution is -2.49. The first-order valence-corrected chi connectivity index (χ1v) is 11.6. The monoisotopic (exact) mass is 428 g/mol. The largest absolute Gasteiger partial charge is 0.487 e. The van der Waals surface area contributed by atoms with E-state index in [2.05, 4.69) is 16.3 Å². The maximum atomic E-state index is 11.6. The first-order valence-electron chi connectivity index (χ1n) is 11.3. The summed E-state index contributed by atoms with van der Waals surface area (Å²) in [5.41, 5.74) is 1.58. The lowest BCUT2D eigenvalue weighted by atomic mass is 9.72. The van der Waals surface area contributed by atoms with E-state index >= 15 is 0 Å². The summed E-state index contributed by atoms with van der Waals surface area (Å²) in [7, 11) is 0. The third-order valence-corrected chi connectivity index (χ3v) is 6.91. The predicted octanol–water partition coefficient (Wildman–Crippen LogP) is 4.60. The summed E-state index contributed by atoms with van der Waals surface area (Å²) in [5.74, 6) is 0.761. The summed E-state index contributed by atoms with van der Waals surface area (Å²) in [6.07, 6.45) is 5.15. The van der Waals surface area contributed by atoms with Crippen molar-refractivity contribution in [3.63, 3.8) is 0 Å². The van der Waals surface area contributed by atoms with E-state index in [-0.39, 0.29) is 5.92 Å². The maximum absolute atomic E-state index is 11.6. The molecule has 2 aliphatic rings. The van der Waals surface area contributed by atoms with Crippen molar-refractivity contribution >= 4 is 11.6 Å². The van der Waals surface area contributed by atoms with Crippen molar-refractivity contribution in [3.05, 3.63) is 64.7 Å². The molecule has 30 heavy (non-hydrogen) atoms. The molecular formula is C25H33ClN2O2. The van der Waals surface area contributed by atoms with Crippen LogP contribution in [0.15, 0.2) is 48.5 Å². The molecule has 0 radical (unpaired) electrons. The number of nitrogens with zero attached hydrogens (tertiary/aromatic N) is 1. The highest BCUT2D eigenvalue weighted by molar-refractivity contribution is 6.32. The summed E-state index contributed by atoms with van der Waals surface area (Å²) in [6.45, 7) is 5.44. The van der Waals surface area contributed by atoms with Gasteiger partial charge in [0.05, 0.1) is 10.6 Å². The van der Waals surface area contributed by atoms with E-state index in [4.69, 9.17) is 16.3 Å². The fourth-order valence-electron chi connectivity index (χ4n) is 4.84. The number of rotatable bonds is 7. The van der Waals surface area contributed by atoms with Crippen LogP contribution in [0.4, 0.5) is 0 Å². The first-order chi connectivity index (χ1) is 14.6. The number of piperazine rings is 1. The molecule has 1 aliphatic carbocycles. The topological polar surface area (TPSA) is 44.7 Å². The normalized spacial score (nSPS) is 20.6. The van der Waals surface area contributed by atoms with Crippen LogP contribution in [-0.2, 0) is 6.61 Å². The predicted molar refractivity (Wildman–Crippen MR) is 122 cm³/mol. The van der Waals surface area contributed by atoms with E-state index in [9.17, 15) is 5.11 Å². The van der Waals surface area contributed by atoms with E-state index in [0.29, 0.717) is 17.4 Å². The Morgan fingerprint density at radius 3 is 2.47 bits per heavy atom. The maximum Gasteiger partial charge on any atom is 0.138 e. The van der Waals surface area contributed by atoms with Crippen LogP contribution >= 0.6 is 11.6 Å². The van der Waals surface area contributed by atoms with E-state index < -0.39 is 5.60 Å². The van der Waals surface area contributed by atoms with Crippen molar-refractivity contribution in [2.75, 3.05) is 32.7 Å². The third-order valence-electron chi connectivity index (χ3n) is 6.61. The van der Waals surface area contributed by atoms with Gasteiger partial charge >= 0.3 is 0 Å². The van der Waals surface area contributed by atoms with Crippen molar-refractivity contribution in [2.45, 2.75) is 50.2 Å². The second-order valence-corrected chi connectivity index (χ2v) is 9.14.